The first-order valence-corrected chi connectivity index (χ1v) is 7.34. The highest BCUT2D eigenvalue weighted by Gasteiger charge is 2.08. The fraction of sp³-hybridized carbons (Fsp3) is 0.231. The van der Waals surface area contributed by atoms with Crippen LogP contribution in [0.5, 0.6) is 5.75 Å². The van der Waals surface area contributed by atoms with Gasteiger partial charge in [-0.25, -0.2) is 4.39 Å². The van der Waals surface area contributed by atoms with Crippen LogP contribution in [-0.2, 0) is 11.2 Å². The molecule has 0 aliphatic heterocycles. The largest absolute Gasteiger partial charge is 0.481 e. The Hall–Kier alpha value is -2.55. The number of amides is 1. The van der Waals surface area contributed by atoms with Crippen LogP contribution in [0.15, 0.2) is 30.6 Å². The van der Waals surface area contributed by atoms with Gasteiger partial charge < -0.3 is 10.1 Å². The molecule has 2 heterocycles. The molecule has 0 radical (unpaired) electrons. The number of rotatable bonds is 6. The Morgan fingerprint density at radius 2 is 2.27 bits per heavy atom. The van der Waals surface area contributed by atoms with Gasteiger partial charge in [-0.3, -0.25) is 4.79 Å². The van der Waals surface area contributed by atoms with Crippen LogP contribution in [-0.4, -0.2) is 38.9 Å². The van der Waals surface area contributed by atoms with Gasteiger partial charge in [0.1, 0.15) is 11.3 Å². The Morgan fingerprint density at radius 3 is 3.09 bits per heavy atom. The Labute approximate surface area is 128 Å². The summed E-state index contributed by atoms with van der Waals surface area (Å²) in [6.45, 7) is 0.190. The minimum absolute atomic E-state index is 0.0614. The average molecular weight is 321 g/mol. The molecule has 1 amide bonds. The van der Waals surface area contributed by atoms with E-state index in [0.29, 0.717) is 17.9 Å². The minimum atomic E-state index is -0.491. The molecular weight excluding hydrogens is 309 g/mol. The quantitative estimate of drug-likeness (QED) is 0.734. The van der Waals surface area contributed by atoms with E-state index in [4.69, 9.17) is 4.74 Å². The van der Waals surface area contributed by atoms with E-state index in [0.717, 1.165) is 5.01 Å². The molecule has 0 unspecified atom stereocenters. The third-order valence-electron chi connectivity index (χ3n) is 2.79. The van der Waals surface area contributed by atoms with Crippen molar-refractivity contribution in [2.24, 2.45) is 0 Å². The molecule has 3 aromatic rings. The van der Waals surface area contributed by atoms with Crippen molar-refractivity contribution in [2.75, 3.05) is 13.2 Å². The lowest BCUT2D eigenvalue weighted by atomic mass is 10.3. The predicted octanol–water partition coefficient (Wildman–Crippen LogP) is 1.06. The highest BCUT2D eigenvalue weighted by atomic mass is 32.1. The van der Waals surface area contributed by atoms with Gasteiger partial charge in [-0.2, -0.15) is 9.61 Å². The second kappa shape index (κ2) is 6.48. The van der Waals surface area contributed by atoms with E-state index in [9.17, 15) is 9.18 Å². The third kappa shape index (κ3) is 3.37. The smallest absolute Gasteiger partial charge is 0.257 e. The summed E-state index contributed by atoms with van der Waals surface area (Å²) in [5.41, 5.74) is 0. The summed E-state index contributed by atoms with van der Waals surface area (Å²) in [6.07, 6.45) is 2.11. The molecule has 0 aliphatic carbocycles. The van der Waals surface area contributed by atoms with Gasteiger partial charge in [0.05, 0.1) is 0 Å². The molecule has 1 aromatic carbocycles. The van der Waals surface area contributed by atoms with E-state index in [1.807, 2.05) is 0 Å². The van der Waals surface area contributed by atoms with Crippen LogP contribution in [0, 0.1) is 5.82 Å². The standard InChI is InChI=1S/C13H12FN5O2S/c14-9-3-1-2-4-10(9)21-7-11(20)15-6-5-12-18-19-8-16-17-13(19)22-12/h1-4,8H,5-7H2,(H,15,20). The lowest BCUT2D eigenvalue weighted by molar-refractivity contribution is -0.123. The van der Waals surface area contributed by atoms with Gasteiger partial charge >= 0.3 is 0 Å². The number of carbonyl (C=O) groups is 1. The summed E-state index contributed by atoms with van der Waals surface area (Å²) in [6, 6.07) is 5.95. The van der Waals surface area contributed by atoms with Crippen molar-refractivity contribution >= 4 is 22.2 Å². The van der Waals surface area contributed by atoms with Crippen molar-refractivity contribution < 1.29 is 13.9 Å². The average Bonchev–Trinajstić information content (AvgIpc) is 3.07. The molecule has 0 aliphatic rings. The molecule has 22 heavy (non-hydrogen) atoms. The summed E-state index contributed by atoms with van der Waals surface area (Å²) in [5, 5.41) is 15.4. The Morgan fingerprint density at radius 1 is 1.41 bits per heavy atom. The number of hydrogen-bond acceptors (Lipinski definition) is 6. The van der Waals surface area contributed by atoms with E-state index < -0.39 is 5.82 Å². The maximum absolute atomic E-state index is 13.3. The van der Waals surface area contributed by atoms with Crippen LogP contribution in [0.4, 0.5) is 4.39 Å². The van der Waals surface area contributed by atoms with Gasteiger partial charge in [0.15, 0.2) is 18.2 Å². The molecule has 0 bridgehead atoms. The summed E-state index contributed by atoms with van der Waals surface area (Å²) in [4.78, 5) is 12.3. The van der Waals surface area contributed by atoms with Crippen LogP contribution in [0.1, 0.15) is 5.01 Å². The van der Waals surface area contributed by atoms with Crippen LogP contribution >= 0.6 is 11.3 Å². The normalized spacial score (nSPS) is 10.8. The van der Waals surface area contributed by atoms with Crippen LogP contribution in [0.3, 0.4) is 0 Å². The molecule has 0 saturated heterocycles. The van der Waals surface area contributed by atoms with Crippen LogP contribution < -0.4 is 10.1 Å². The third-order valence-corrected chi connectivity index (χ3v) is 3.76. The highest BCUT2D eigenvalue weighted by Crippen LogP contribution is 2.15. The molecule has 0 fully saturated rings. The molecule has 7 nitrogen and oxygen atoms in total. The van der Waals surface area contributed by atoms with E-state index in [2.05, 4.69) is 20.6 Å². The number of benzene rings is 1. The Bertz CT molecular complexity index is 759. The maximum Gasteiger partial charge on any atom is 0.257 e. The number of para-hydroxylation sites is 1. The van der Waals surface area contributed by atoms with E-state index in [-0.39, 0.29) is 18.3 Å². The number of hydrogen-bond donors (Lipinski definition) is 1. The second-order valence-corrected chi connectivity index (χ2v) is 5.41. The molecule has 3 rings (SSSR count). The second-order valence-electron chi connectivity index (χ2n) is 4.37. The first kappa shape index (κ1) is 14.4. The molecule has 114 valence electrons. The topological polar surface area (TPSA) is 81.4 Å². The number of nitrogens with zero attached hydrogens (tertiary/aromatic N) is 4. The number of aromatic nitrogens is 4. The maximum atomic E-state index is 13.3. The number of halogens is 1. The van der Waals surface area contributed by atoms with Crippen molar-refractivity contribution in [1.29, 1.82) is 0 Å². The van der Waals surface area contributed by atoms with E-state index in [1.165, 1.54) is 29.8 Å². The van der Waals surface area contributed by atoms with Gasteiger partial charge in [0.2, 0.25) is 4.96 Å². The van der Waals surface area contributed by atoms with E-state index >= 15 is 0 Å². The monoisotopic (exact) mass is 321 g/mol. The fourth-order valence-corrected chi connectivity index (χ4v) is 2.58. The first-order valence-electron chi connectivity index (χ1n) is 6.52. The Balaban J connectivity index is 1.42. The summed E-state index contributed by atoms with van der Waals surface area (Å²) in [7, 11) is 0. The van der Waals surface area contributed by atoms with Crippen molar-refractivity contribution in [3.05, 3.63) is 41.4 Å². The SMILES string of the molecule is O=C(COc1ccccc1F)NCCc1nn2cnnc2s1. The number of carbonyl (C=O) groups excluding carboxylic acids is 1. The lowest BCUT2D eigenvalue weighted by Crippen LogP contribution is -2.30. The number of nitrogens with one attached hydrogen (secondary N) is 1. The minimum Gasteiger partial charge on any atom is -0.481 e. The van der Waals surface area contributed by atoms with Crippen LogP contribution in [0.25, 0.3) is 4.96 Å². The van der Waals surface area contributed by atoms with Gasteiger partial charge in [-0.05, 0) is 12.1 Å². The number of ether oxygens (including phenoxy) is 1. The molecule has 2 aromatic heterocycles. The van der Waals surface area contributed by atoms with Gasteiger partial charge in [-0.1, -0.05) is 23.5 Å². The Kier molecular flexibility index (Phi) is 4.24. The molecule has 0 saturated carbocycles. The van der Waals surface area contributed by atoms with Crippen molar-refractivity contribution in [3.8, 4) is 5.75 Å². The summed E-state index contributed by atoms with van der Waals surface area (Å²) >= 11 is 1.41. The zero-order valence-corrected chi connectivity index (χ0v) is 12.2. The lowest BCUT2D eigenvalue weighted by Gasteiger charge is -2.07. The zero-order valence-electron chi connectivity index (χ0n) is 11.4. The highest BCUT2D eigenvalue weighted by molar-refractivity contribution is 7.16. The van der Waals surface area contributed by atoms with Crippen molar-refractivity contribution in [2.45, 2.75) is 6.42 Å². The summed E-state index contributed by atoms with van der Waals surface area (Å²) < 4.78 is 20.0. The molecular formula is C13H12FN5O2S. The van der Waals surface area contributed by atoms with E-state index in [1.54, 1.807) is 16.6 Å². The molecule has 1 N–H and O–H groups in total. The zero-order chi connectivity index (χ0) is 15.4. The molecule has 9 heteroatoms. The van der Waals surface area contributed by atoms with Crippen molar-refractivity contribution in [1.82, 2.24) is 25.1 Å². The molecule has 0 atom stereocenters. The molecule has 0 spiro atoms. The predicted molar refractivity (Wildman–Crippen MR) is 77.3 cm³/mol. The van der Waals surface area contributed by atoms with Crippen molar-refractivity contribution in [3.63, 3.8) is 0 Å². The van der Waals surface area contributed by atoms with Gasteiger partial charge in [0.25, 0.3) is 5.91 Å². The van der Waals surface area contributed by atoms with Gasteiger partial charge in [0, 0.05) is 13.0 Å². The first-order chi connectivity index (χ1) is 10.7. The van der Waals surface area contributed by atoms with Gasteiger partial charge in [-0.15, -0.1) is 10.2 Å². The van der Waals surface area contributed by atoms with Crippen LogP contribution in [0.2, 0.25) is 0 Å². The number of fused-ring (bicyclic) bond motifs is 1. The summed E-state index contributed by atoms with van der Waals surface area (Å²) in [5.74, 6) is -0.743. The fourth-order valence-electron chi connectivity index (χ4n) is 1.77.